The van der Waals surface area contributed by atoms with E-state index < -0.39 is 27.8 Å². The van der Waals surface area contributed by atoms with Gasteiger partial charge in [0.05, 0.1) is 5.69 Å². The maximum atomic E-state index is 11.7. The Hall–Kier alpha value is -1.41. The molecule has 0 amide bonds. The fourth-order valence-corrected chi connectivity index (χ4v) is 2.69. The Morgan fingerprint density at radius 1 is 1.56 bits per heavy atom. The van der Waals surface area contributed by atoms with E-state index in [1.54, 1.807) is 0 Å². The summed E-state index contributed by atoms with van der Waals surface area (Å²) in [5.41, 5.74) is 0.233. The smallest absolute Gasteiger partial charge is 0.321 e. The Kier molecular flexibility index (Phi) is 4.85. The molecule has 0 spiro atoms. The van der Waals surface area contributed by atoms with Gasteiger partial charge in [-0.25, -0.2) is 13.1 Å². The van der Waals surface area contributed by atoms with Crippen molar-refractivity contribution in [3.05, 3.63) is 18.0 Å². The van der Waals surface area contributed by atoms with E-state index in [1.807, 2.05) is 13.8 Å². The van der Waals surface area contributed by atoms with Crippen LogP contribution in [-0.4, -0.2) is 30.7 Å². The maximum Gasteiger partial charge on any atom is 0.321 e. The molecule has 1 aromatic heterocycles. The molecule has 0 saturated heterocycles. The Morgan fingerprint density at radius 3 is 2.67 bits per heavy atom. The van der Waals surface area contributed by atoms with Crippen molar-refractivity contribution in [1.29, 1.82) is 0 Å². The number of nitrogens with zero attached hydrogens (tertiary/aromatic N) is 1. The summed E-state index contributed by atoms with van der Waals surface area (Å²) in [6.45, 7) is 3.64. The van der Waals surface area contributed by atoms with Gasteiger partial charge < -0.3 is 9.63 Å². The summed E-state index contributed by atoms with van der Waals surface area (Å²) in [5, 5.41) is 12.4. The minimum Gasteiger partial charge on any atom is -0.480 e. The lowest BCUT2D eigenvalue weighted by Crippen LogP contribution is -2.42. The van der Waals surface area contributed by atoms with Gasteiger partial charge in [-0.3, -0.25) is 4.79 Å². The number of aliphatic carboxylic acids is 1. The van der Waals surface area contributed by atoms with Gasteiger partial charge in [-0.15, -0.1) is 0 Å². The first-order valence-corrected chi connectivity index (χ1v) is 7.07. The first-order chi connectivity index (χ1) is 8.30. The third-order valence-electron chi connectivity index (χ3n) is 2.16. The van der Waals surface area contributed by atoms with E-state index in [2.05, 4.69) is 14.4 Å². The zero-order valence-electron chi connectivity index (χ0n) is 10.2. The molecule has 0 aliphatic rings. The number of hydrogen-bond acceptors (Lipinski definition) is 5. The predicted molar refractivity (Wildman–Crippen MR) is 63.1 cm³/mol. The molecule has 102 valence electrons. The zero-order valence-corrected chi connectivity index (χ0v) is 11.0. The first kappa shape index (κ1) is 14.7. The number of carboxylic acids is 1. The van der Waals surface area contributed by atoms with Gasteiger partial charge in [0.1, 0.15) is 18.1 Å². The highest BCUT2D eigenvalue weighted by molar-refractivity contribution is 7.88. The van der Waals surface area contributed by atoms with E-state index in [0.717, 1.165) is 0 Å². The molecule has 1 aromatic rings. The van der Waals surface area contributed by atoms with Gasteiger partial charge in [0.25, 0.3) is 0 Å². The molecule has 1 rings (SSSR count). The Labute approximate surface area is 105 Å². The monoisotopic (exact) mass is 276 g/mol. The molecule has 1 heterocycles. The normalized spacial score (nSPS) is 13.7. The molecule has 0 aromatic carbocycles. The van der Waals surface area contributed by atoms with Crippen LogP contribution < -0.4 is 4.72 Å². The standard InChI is InChI=1S/C10H16N2O5S/c1-7(2)5-9(10(13)14)12-18(15,16)6-8-3-4-17-11-8/h3-4,7,9,12H,5-6H2,1-2H3,(H,13,14). The predicted octanol–water partition coefficient (Wildman–Crippen LogP) is 0.593. The van der Waals surface area contributed by atoms with Crippen molar-refractivity contribution in [2.24, 2.45) is 5.92 Å². The number of aromatic nitrogens is 1. The van der Waals surface area contributed by atoms with Crippen molar-refractivity contribution < 1.29 is 22.8 Å². The molecule has 0 saturated carbocycles. The lowest BCUT2D eigenvalue weighted by Gasteiger charge is -2.15. The van der Waals surface area contributed by atoms with Crippen molar-refractivity contribution in [3.8, 4) is 0 Å². The van der Waals surface area contributed by atoms with Crippen LogP contribution in [0.15, 0.2) is 16.9 Å². The summed E-state index contributed by atoms with van der Waals surface area (Å²) in [5.74, 6) is -1.51. The van der Waals surface area contributed by atoms with Gasteiger partial charge >= 0.3 is 5.97 Å². The lowest BCUT2D eigenvalue weighted by molar-refractivity contribution is -0.139. The second-order valence-corrected chi connectivity index (χ2v) is 6.14. The summed E-state index contributed by atoms with van der Waals surface area (Å²) in [7, 11) is -3.75. The van der Waals surface area contributed by atoms with Crippen LogP contribution in [0.5, 0.6) is 0 Å². The van der Waals surface area contributed by atoms with Crippen LogP contribution in [0.25, 0.3) is 0 Å². The molecule has 8 heteroatoms. The van der Waals surface area contributed by atoms with Crippen molar-refractivity contribution >= 4 is 16.0 Å². The number of hydrogen-bond donors (Lipinski definition) is 2. The van der Waals surface area contributed by atoms with Gasteiger partial charge in [0.2, 0.25) is 10.0 Å². The van der Waals surface area contributed by atoms with Gasteiger partial charge in [-0.1, -0.05) is 19.0 Å². The second-order valence-electron chi connectivity index (χ2n) is 4.39. The topological polar surface area (TPSA) is 110 Å². The number of carboxylic acid groups (broad SMARTS) is 1. The van der Waals surface area contributed by atoms with Gasteiger partial charge in [0, 0.05) is 6.07 Å². The number of sulfonamides is 1. The molecule has 0 fully saturated rings. The highest BCUT2D eigenvalue weighted by Crippen LogP contribution is 2.08. The molecule has 2 N–H and O–H groups in total. The summed E-state index contributed by atoms with van der Waals surface area (Å²) in [6, 6.07) is 0.291. The van der Waals surface area contributed by atoms with E-state index >= 15 is 0 Å². The number of rotatable bonds is 7. The molecule has 1 unspecified atom stereocenters. The fraction of sp³-hybridized carbons (Fsp3) is 0.600. The molecule has 1 atom stereocenters. The minimum atomic E-state index is -3.75. The third kappa shape index (κ3) is 4.84. The SMILES string of the molecule is CC(C)CC(NS(=O)(=O)Cc1ccon1)C(=O)O. The van der Waals surface area contributed by atoms with Gasteiger partial charge in [-0.05, 0) is 12.3 Å². The maximum absolute atomic E-state index is 11.7. The molecule has 0 radical (unpaired) electrons. The summed E-state index contributed by atoms with van der Waals surface area (Å²) >= 11 is 0. The van der Waals surface area contributed by atoms with Crippen LogP contribution in [-0.2, 0) is 20.6 Å². The number of nitrogens with one attached hydrogen (secondary N) is 1. The highest BCUT2D eigenvalue weighted by Gasteiger charge is 2.25. The zero-order chi connectivity index (χ0) is 13.8. The van der Waals surface area contributed by atoms with E-state index in [4.69, 9.17) is 5.11 Å². The largest absolute Gasteiger partial charge is 0.480 e. The van der Waals surface area contributed by atoms with E-state index in [9.17, 15) is 13.2 Å². The van der Waals surface area contributed by atoms with Crippen molar-refractivity contribution in [2.45, 2.75) is 32.1 Å². The fourth-order valence-electron chi connectivity index (χ4n) is 1.44. The molecule has 0 aliphatic heterocycles. The average Bonchev–Trinajstić information content (AvgIpc) is 2.67. The van der Waals surface area contributed by atoms with Gasteiger partial charge in [-0.2, -0.15) is 0 Å². The molecule has 0 aliphatic carbocycles. The third-order valence-corrected chi connectivity index (χ3v) is 3.48. The quantitative estimate of drug-likeness (QED) is 0.754. The first-order valence-electron chi connectivity index (χ1n) is 5.42. The van der Waals surface area contributed by atoms with E-state index in [0.29, 0.717) is 0 Å². The van der Waals surface area contributed by atoms with Crippen LogP contribution in [0.4, 0.5) is 0 Å². The highest BCUT2D eigenvalue weighted by atomic mass is 32.2. The van der Waals surface area contributed by atoms with E-state index in [-0.39, 0.29) is 18.0 Å². The van der Waals surface area contributed by atoms with Crippen LogP contribution >= 0.6 is 0 Å². The lowest BCUT2D eigenvalue weighted by atomic mass is 10.1. The molecule has 18 heavy (non-hydrogen) atoms. The molecule has 7 nitrogen and oxygen atoms in total. The minimum absolute atomic E-state index is 0.0702. The van der Waals surface area contributed by atoms with Crippen molar-refractivity contribution in [2.75, 3.05) is 0 Å². The Bertz CT molecular complexity index is 480. The molecular formula is C10H16N2O5S. The van der Waals surface area contributed by atoms with Crippen LogP contribution in [0.1, 0.15) is 26.0 Å². The summed E-state index contributed by atoms with van der Waals surface area (Å²) in [6.07, 6.45) is 1.49. The molecular weight excluding hydrogens is 260 g/mol. The average molecular weight is 276 g/mol. The Balaban J connectivity index is 2.70. The molecule has 0 bridgehead atoms. The van der Waals surface area contributed by atoms with Gasteiger partial charge in [0.15, 0.2) is 0 Å². The summed E-state index contributed by atoms with van der Waals surface area (Å²) < 4.78 is 30.1. The summed E-state index contributed by atoms with van der Waals surface area (Å²) in [4.78, 5) is 11.0. The second kappa shape index (κ2) is 5.96. The van der Waals surface area contributed by atoms with Crippen molar-refractivity contribution in [3.63, 3.8) is 0 Å². The van der Waals surface area contributed by atoms with Crippen LogP contribution in [0, 0.1) is 5.92 Å². The van der Waals surface area contributed by atoms with Crippen LogP contribution in [0.2, 0.25) is 0 Å². The van der Waals surface area contributed by atoms with E-state index in [1.165, 1.54) is 12.3 Å². The number of carbonyl (C=O) groups is 1. The Morgan fingerprint density at radius 2 is 2.22 bits per heavy atom. The van der Waals surface area contributed by atoms with Crippen LogP contribution in [0.3, 0.4) is 0 Å². The van der Waals surface area contributed by atoms with Crippen molar-refractivity contribution in [1.82, 2.24) is 9.88 Å².